The minimum absolute atomic E-state index is 0.128. The number of hydrogen-bond acceptors (Lipinski definition) is 4. The van der Waals surface area contributed by atoms with Gasteiger partial charge in [0.05, 0.1) is 12.1 Å². The largest absolute Gasteiger partial charge is 0.340 e. The van der Waals surface area contributed by atoms with Gasteiger partial charge in [0.2, 0.25) is 17.7 Å². The van der Waals surface area contributed by atoms with E-state index in [0.29, 0.717) is 5.69 Å². The number of carbonyl (C=O) groups is 4. The molecule has 2 aromatic carbocycles. The minimum Gasteiger partial charge on any atom is -0.340 e. The van der Waals surface area contributed by atoms with Crippen LogP contribution in [0.4, 0.5) is 10.1 Å². The number of rotatable bonds is 7. The van der Waals surface area contributed by atoms with Crippen molar-refractivity contribution < 1.29 is 23.6 Å². The van der Waals surface area contributed by atoms with Crippen LogP contribution in [0.25, 0.3) is 0 Å². The molecule has 7 nitrogen and oxygen atoms in total. The van der Waals surface area contributed by atoms with Crippen molar-refractivity contribution in [3.8, 4) is 0 Å². The first-order chi connectivity index (χ1) is 14.8. The summed E-state index contributed by atoms with van der Waals surface area (Å²) in [6.45, 7) is 3.75. The zero-order valence-electron chi connectivity index (χ0n) is 17.4. The fourth-order valence-electron chi connectivity index (χ4n) is 3.29. The Kier molecular flexibility index (Phi) is 6.79. The van der Waals surface area contributed by atoms with Gasteiger partial charge in [-0.1, -0.05) is 38.1 Å². The number of halogens is 1. The number of likely N-dealkylation sites (tertiary alicyclic amines) is 1. The predicted molar refractivity (Wildman–Crippen MR) is 112 cm³/mol. The molecule has 1 unspecified atom stereocenters. The summed E-state index contributed by atoms with van der Waals surface area (Å²) in [5.74, 6) is -2.37. The normalized spacial score (nSPS) is 14.6. The van der Waals surface area contributed by atoms with Gasteiger partial charge in [-0.2, -0.15) is 0 Å². The van der Waals surface area contributed by atoms with Gasteiger partial charge in [0.15, 0.2) is 0 Å². The second kappa shape index (κ2) is 9.51. The monoisotopic (exact) mass is 425 g/mol. The van der Waals surface area contributed by atoms with Crippen LogP contribution in [-0.4, -0.2) is 34.6 Å². The zero-order chi connectivity index (χ0) is 22.5. The molecular formula is C23H24FN3O4. The van der Waals surface area contributed by atoms with E-state index in [4.69, 9.17) is 0 Å². The van der Waals surface area contributed by atoms with E-state index in [1.807, 2.05) is 0 Å². The lowest BCUT2D eigenvalue weighted by Gasteiger charge is -2.22. The molecule has 0 saturated carbocycles. The van der Waals surface area contributed by atoms with Crippen LogP contribution in [-0.2, 0) is 20.9 Å². The van der Waals surface area contributed by atoms with E-state index < -0.39 is 23.7 Å². The van der Waals surface area contributed by atoms with Gasteiger partial charge in [0.25, 0.3) is 5.91 Å². The second-order valence-electron chi connectivity index (χ2n) is 7.73. The molecule has 31 heavy (non-hydrogen) atoms. The summed E-state index contributed by atoms with van der Waals surface area (Å²) in [5.41, 5.74) is 1.13. The molecule has 4 amide bonds. The first kappa shape index (κ1) is 22.1. The summed E-state index contributed by atoms with van der Waals surface area (Å²) in [4.78, 5) is 49.9. The van der Waals surface area contributed by atoms with Crippen LogP contribution < -0.4 is 10.6 Å². The Labute approximate surface area is 179 Å². The fourth-order valence-corrected chi connectivity index (χ4v) is 3.29. The Bertz CT molecular complexity index is 988. The van der Waals surface area contributed by atoms with Crippen LogP contribution in [0.2, 0.25) is 0 Å². The van der Waals surface area contributed by atoms with E-state index in [1.165, 1.54) is 23.1 Å². The van der Waals surface area contributed by atoms with E-state index >= 15 is 0 Å². The number of hydrogen-bond donors (Lipinski definition) is 2. The Morgan fingerprint density at radius 2 is 1.61 bits per heavy atom. The van der Waals surface area contributed by atoms with E-state index in [-0.39, 0.29) is 42.7 Å². The quantitative estimate of drug-likeness (QED) is 0.667. The van der Waals surface area contributed by atoms with Crippen LogP contribution >= 0.6 is 0 Å². The van der Waals surface area contributed by atoms with E-state index in [1.54, 1.807) is 44.2 Å². The smallest absolute Gasteiger partial charge is 0.254 e. The van der Waals surface area contributed by atoms with Crippen LogP contribution in [0.1, 0.15) is 42.6 Å². The standard InChI is InChI=1S/C23H24FN3O4/c1-14(2)21(26-22(30)17-5-3-4-6-18(17)24)23(31)25-16-9-7-15(8-10-16)13-27-19(28)11-12-20(27)29/h3-10,14,21H,11-13H2,1-2H3,(H,25,31)(H,26,30). The van der Waals surface area contributed by atoms with Gasteiger partial charge >= 0.3 is 0 Å². The Morgan fingerprint density at radius 3 is 2.19 bits per heavy atom. The Morgan fingerprint density at radius 1 is 1.00 bits per heavy atom. The molecule has 0 spiro atoms. The maximum atomic E-state index is 13.9. The van der Waals surface area contributed by atoms with Crippen molar-refractivity contribution in [2.24, 2.45) is 5.92 Å². The molecule has 162 valence electrons. The van der Waals surface area contributed by atoms with Crippen molar-refractivity contribution in [1.82, 2.24) is 10.2 Å². The molecule has 1 heterocycles. The Hall–Kier alpha value is -3.55. The number of benzene rings is 2. The van der Waals surface area contributed by atoms with Gasteiger partial charge in [0, 0.05) is 18.5 Å². The summed E-state index contributed by atoms with van der Waals surface area (Å²) < 4.78 is 13.9. The summed E-state index contributed by atoms with van der Waals surface area (Å²) >= 11 is 0. The summed E-state index contributed by atoms with van der Waals surface area (Å²) in [6.07, 6.45) is 0.477. The maximum absolute atomic E-state index is 13.9. The topological polar surface area (TPSA) is 95.6 Å². The fraction of sp³-hybridized carbons (Fsp3) is 0.304. The van der Waals surface area contributed by atoms with E-state index in [2.05, 4.69) is 10.6 Å². The third kappa shape index (κ3) is 5.33. The number of anilines is 1. The lowest BCUT2D eigenvalue weighted by Crippen LogP contribution is -2.47. The van der Waals surface area contributed by atoms with Crippen molar-refractivity contribution in [3.63, 3.8) is 0 Å². The highest BCUT2D eigenvalue weighted by molar-refractivity contribution is 6.02. The average molecular weight is 425 g/mol. The number of carbonyl (C=O) groups excluding carboxylic acids is 4. The summed E-state index contributed by atoms with van der Waals surface area (Å²) in [5, 5.41) is 5.33. The van der Waals surface area contributed by atoms with E-state index in [0.717, 1.165) is 5.56 Å². The molecular weight excluding hydrogens is 401 g/mol. The maximum Gasteiger partial charge on any atom is 0.254 e. The van der Waals surface area contributed by atoms with Gasteiger partial charge in [-0.15, -0.1) is 0 Å². The van der Waals surface area contributed by atoms with Gasteiger partial charge in [-0.05, 0) is 35.7 Å². The average Bonchev–Trinajstić information content (AvgIpc) is 3.05. The van der Waals surface area contributed by atoms with Gasteiger partial charge < -0.3 is 10.6 Å². The van der Waals surface area contributed by atoms with Crippen molar-refractivity contribution in [3.05, 3.63) is 65.5 Å². The molecule has 8 heteroatoms. The molecule has 1 saturated heterocycles. The van der Waals surface area contributed by atoms with Crippen LogP contribution in [0.3, 0.4) is 0 Å². The highest BCUT2D eigenvalue weighted by atomic mass is 19.1. The van der Waals surface area contributed by atoms with Crippen molar-refractivity contribution >= 4 is 29.3 Å². The number of amides is 4. The molecule has 1 fully saturated rings. The van der Waals surface area contributed by atoms with Crippen LogP contribution in [0, 0.1) is 11.7 Å². The van der Waals surface area contributed by atoms with Gasteiger partial charge in [0.1, 0.15) is 11.9 Å². The molecule has 0 radical (unpaired) electrons. The molecule has 2 N–H and O–H groups in total. The van der Waals surface area contributed by atoms with Crippen molar-refractivity contribution in [2.45, 2.75) is 39.3 Å². The molecule has 1 atom stereocenters. The lowest BCUT2D eigenvalue weighted by molar-refractivity contribution is -0.139. The molecule has 0 aliphatic carbocycles. The van der Waals surface area contributed by atoms with Crippen LogP contribution in [0.15, 0.2) is 48.5 Å². The highest BCUT2D eigenvalue weighted by Crippen LogP contribution is 2.18. The van der Waals surface area contributed by atoms with E-state index in [9.17, 15) is 23.6 Å². The van der Waals surface area contributed by atoms with Gasteiger partial charge in [-0.25, -0.2) is 4.39 Å². The Balaban J connectivity index is 1.64. The third-order valence-electron chi connectivity index (χ3n) is 5.07. The third-order valence-corrected chi connectivity index (χ3v) is 5.07. The lowest BCUT2D eigenvalue weighted by atomic mass is 10.0. The molecule has 2 aromatic rings. The molecule has 1 aliphatic rings. The zero-order valence-corrected chi connectivity index (χ0v) is 17.4. The first-order valence-corrected chi connectivity index (χ1v) is 10.0. The first-order valence-electron chi connectivity index (χ1n) is 10.0. The number of nitrogens with zero attached hydrogens (tertiary/aromatic N) is 1. The highest BCUT2D eigenvalue weighted by Gasteiger charge is 2.29. The summed E-state index contributed by atoms with van der Waals surface area (Å²) in [6, 6.07) is 11.5. The number of nitrogens with one attached hydrogen (secondary N) is 2. The second-order valence-corrected chi connectivity index (χ2v) is 7.73. The predicted octanol–water partition coefficient (Wildman–Crippen LogP) is 2.87. The summed E-state index contributed by atoms with van der Waals surface area (Å²) in [7, 11) is 0. The van der Waals surface area contributed by atoms with Crippen molar-refractivity contribution in [2.75, 3.05) is 5.32 Å². The SMILES string of the molecule is CC(C)C(NC(=O)c1ccccc1F)C(=O)Nc1ccc(CN2C(=O)CCC2=O)cc1. The van der Waals surface area contributed by atoms with Crippen LogP contribution in [0.5, 0.6) is 0 Å². The number of imide groups is 1. The van der Waals surface area contributed by atoms with Gasteiger partial charge in [-0.3, -0.25) is 24.1 Å². The molecule has 0 aromatic heterocycles. The molecule has 1 aliphatic heterocycles. The molecule has 0 bridgehead atoms. The van der Waals surface area contributed by atoms with Crippen molar-refractivity contribution in [1.29, 1.82) is 0 Å². The molecule has 3 rings (SSSR count). The minimum atomic E-state index is -0.869.